The Hall–Kier alpha value is -0.386. The third-order valence-electron chi connectivity index (χ3n) is 3.31. The van der Waals surface area contributed by atoms with E-state index in [1.807, 2.05) is 0 Å². The van der Waals surface area contributed by atoms with Gasteiger partial charge in [-0.05, 0) is 25.7 Å². The maximum Gasteiger partial charge on any atom is 2.00 e. The molecule has 0 bridgehead atoms. The van der Waals surface area contributed by atoms with Crippen LogP contribution in [-0.2, 0) is 16.5 Å². The van der Waals surface area contributed by atoms with E-state index in [0.29, 0.717) is 0 Å². The molecule has 0 nitrogen and oxygen atoms in total. The third kappa shape index (κ3) is 32.8. The molecule has 0 saturated heterocycles. The van der Waals surface area contributed by atoms with Crippen molar-refractivity contribution in [2.75, 3.05) is 0 Å². The predicted molar refractivity (Wildman–Crippen MR) is 90.2 cm³/mol. The van der Waals surface area contributed by atoms with Crippen molar-refractivity contribution in [3.63, 3.8) is 0 Å². The Morgan fingerprint density at radius 2 is 0.810 bits per heavy atom. The fourth-order valence-electron chi connectivity index (χ4n) is 1.99. The van der Waals surface area contributed by atoms with Gasteiger partial charge >= 0.3 is 16.5 Å². The van der Waals surface area contributed by atoms with Crippen molar-refractivity contribution in [2.45, 2.75) is 104 Å². The van der Waals surface area contributed by atoms with Gasteiger partial charge in [0.2, 0.25) is 0 Å². The van der Waals surface area contributed by atoms with Gasteiger partial charge in [0.25, 0.3) is 0 Å². The molecule has 0 aromatic heterocycles. The summed E-state index contributed by atoms with van der Waals surface area (Å²) in [5.41, 5.74) is 0. The molecule has 0 unspecified atom stereocenters. The maximum atomic E-state index is 6.67. The second-order valence-electron chi connectivity index (χ2n) is 5.39. The van der Waals surface area contributed by atoms with E-state index >= 15 is 0 Å². The van der Waals surface area contributed by atoms with Gasteiger partial charge in [-0.25, -0.2) is 0 Å². The van der Waals surface area contributed by atoms with Gasteiger partial charge in [0.15, 0.2) is 0 Å². The minimum atomic E-state index is 0. The molecule has 0 atom stereocenters. The largest absolute Gasteiger partial charge is 2.00 e. The Labute approximate surface area is 145 Å². The molecule has 21 heavy (non-hydrogen) atoms. The van der Waals surface area contributed by atoms with Gasteiger partial charge in [-0.15, -0.1) is 0 Å². The second-order valence-corrected chi connectivity index (χ2v) is 5.39. The Balaban J connectivity index is -0.000000295. The molecule has 0 aromatic rings. The average Bonchev–Trinajstić information content (AvgIpc) is 2.47. The number of hydrogen-bond donors (Lipinski definition) is 0. The topological polar surface area (TPSA) is 0 Å². The minimum Gasteiger partial charge on any atom is -0.694 e. The Kier molecular flexibility index (Phi) is 33.9. The van der Waals surface area contributed by atoms with E-state index in [9.17, 15) is 0 Å². The van der Waals surface area contributed by atoms with Gasteiger partial charge in [-0.2, -0.15) is 0 Å². The molecular formula is C20H34Ni. The van der Waals surface area contributed by atoms with Crippen molar-refractivity contribution in [3.05, 3.63) is 12.8 Å². The summed E-state index contributed by atoms with van der Waals surface area (Å²) >= 11 is 0. The van der Waals surface area contributed by atoms with Crippen LogP contribution in [0.15, 0.2) is 0 Å². The number of unbranched alkanes of at least 4 members (excludes halogenated alkanes) is 12. The molecule has 0 rings (SSSR count). The predicted octanol–water partition coefficient (Wildman–Crippen LogP) is 6.65. The van der Waals surface area contributed by atoms with Gasteiger partial charge in [-0.1, -0.05) is 78.1 Å². The fourth-order valence-corrected chi connectivity index (χ4v) is 1.99. The van der Waals surface area contributed by atoms with Gasteiger partial charge in [0.05, 0.1) is 0 Å². The molecule has 0 heterocycles. The summed E-state index contributed by atoms with van der Waals surface area (Å²) in [6.45, 7) is 4.46. The van der Waals surface area contributed by atoms with E-state index in [-0.39, 0.29) is 16.5 Å². The zero-order valence-electron chi connectivity index (χ0n) is 14.2. The molecule has 0 saturated carbocycles. The van der Waals surface area contributed by atoms with Crippen LogP contribution < -0.4 is 0 Å². The summed E-state index contributed by atoms with van der Waals surface area (Å²) in [6.07, 6.45) is 30.7. The van der Waals surface area contributed by atoms with Crippen molar-refractivity contribution in [1.82, 2.24) is 0 Å². The van der Waals surface area contributed by atoms with Gasteiger partial charge < -0.3 is 24.7 Å². The smallest absolute Gasteiger partial charge is 0.694 e. The zero-order valence-corrected chi connectivity index (χ0v) is 15.2. The maximum absolute atomic E-state index is 6.67. The number of hydrogen-bond acceptors (Lipinski definition) is 0. The van der Waals surface area contributed by atoms with E-state index in [4.69, 9.17) is 12.8 Å². The van der Waals surface area contributed by atoms with Crippen molar-refractivity contribution >= 4 is 0 Å². The van der Waals surface area contributed by atoms with Gasteiger partial charge in [-0.3, -0.25) is 0 Å². The summed E-state index contributed by atoms with van der Waals surface area (Å²) in [7, 11) is 0. The SMILES string of the molecule is [C-]#CCCCCCCCC.[C-]#CCCCCCCCC.[Ni+2]. The third-order valence-corrected chi connectivity index (χ3v) is 3.31. The van der Waals surface area contributed by atoms with Crippen LogP contribution in [0.2, 0.25) is 0 Å². The van der Waals surface area contributed by atoms with Crippen molar-refractivity contribution in [3.8, 4) is 11.8 Å². The van der Waals surface area contributed by atoms with E-state index in [1.165, 1.54) is 64.2 Å². The summed E-state index contributed by atoms with van der Waals surface area (Å²) < 4.78 is 0. The first kappa shape index (κ1) is 25.6. The van der Waals surface area contributed by atoms with Crippen molar-refractivity contribution < 1.29 is 16.5 Å². The quantitative estimate of drug-likeness (QED) is 0.162. The van der Waals surface area contributed by atoms with Crippen molar-refractivity contribution in [2.24, 2.45) is 0 Å². The second kappa shape index (κ2) is 27.9. The van der Waals surface area contributed by atoms with E-state index < -0.39 is 0 Å². The summed E-state index contributed by atoms with van der Waals surface area (Å²) in [5.74, 6) is 4.82. The van der Waals surface area contributed by atoms with Gasteiger partial charge in [0.1, 0.15) is 0 Å². The zero-order chi connectivity index (χ0) is 15.3. The average molecular weight is 333 g/mol. The monoisotopic (exact) mass is 332 g/mol. The molecule has 0 fully saturated rings. The first-order valence-corrected chi connectivity index (χ1v) is 8.62. The van der Waals surface area contributed by atoms with Crippen LogP contribution in [0, 0.1) is 24.7 Å². The molecule has 1 heteroatoms. The first-order valence-electron chi connectivity index (χ1n) is 8.62. The van der Waals surface area contributed by atoms with E-state index in [0.717, 1.165) is 25.7 Å². The van der Waals surface area contributed by atoms with Crippen LogP contribution in [0.3, 0.4) is 0 Å². The molecular weight excluding hydrogens is 299 g/mol. The molecule has 124 valence electrons. The molecule has 0 spiro atoms. The van der Waals surface area contributed by atoms with Crippen LogP contribution in [0.25, 0.3) is 0 Å². The Morgan fingerprint density at radius 1 is 0.524 bits per heavy atom. The summed E-state index contributed by atoms with van der Waals surface area (Å²) in [6, 6.07) is 0. The molecule has 0 aliphatic carbocycles. The standard InChI is InChI=1S/2C10H17.Ni/c2*1-3-5-7-9-10-8-6-4-2;/h2*3,5-10H2,1H3;/q2*-1;+2. The summed E-state index contributed by atoms with van der Waals surface area (Å²) in [5, 5.41) is 0. The van der Waals surface area contributed by atoms with Crippen LogP contribution in [0.4, 0.5) is 0 Å². The van der Waals surface area contributed by atoms with Gasteiger partial charge in [0, 0.05) is 0 Å². The molecule has 0 N–H and O–H groups in total. The molecule has 0 amide bonds. The Morgan fingerprint density at radius 3 is 1.10 bits per heavy atom. The normalized spacial score (nSPS) is 8.76. The van der Waals surface area contributed by atoms with Crippen LogP contribution in [-0.4, -0.2) is 0 Å². The molecule has 0 aliphatic heterocycles. The minimum absolute atomic E-state index is 0. The molecule has 0 aliphatic rings. The Bertz CT molecular complexity index is 205. The van der Waals surface area contributed by atoms with E-state index in [1.54, 1.807) is 0 Å². The molecule has 0 radical (unpaired) electrons. The van der Waals surface area contributed by atoms with Crippen molar-refractivity contribution in [1.29, 1.82) is 0 Å². The van der Waals surface area contributed by atoms with Crippen LogP contribution >= 0.6 is 0 Å². The van der Waals surface area contributed by atoms with Crippen LogP contribution in [0.5, 0.6) is 0 Å². The molecule has 0 aromatic carbocycles. The number of rotatable bonds is 12. The fraction of sp³-hybridized carbons (Fsp3) is 0.800. The summed E-state index contributed by atoms with van der Waals surface area (Å²) in [4.78, 5) is 0. The van der Waals surface area contributed by atoms with E-state index in [2.05, 4.69) is 25.7 Å². The first-order chi connectivity index (χ1) is 9.83. The van der Waals surface area contributed by atoms with Crippen LogP contribution in [0.1, 0.15) is 104 Å².